The minimum absolute atomic E-state index is 0.602. The number of hydrogen-bond donors (Lipinski definition) is 0. The van der Waals surface area contributed by atoms with E-state index in [1.807, 2.05) is 26.1 Å². The Hall–Kier alpha value is -1.24. The molecule has 0 aromatic heterocycles. The molecular formula is C14H23N. The highest BCUT2D eigenvalue weighted by molar-refractivity contribution is 5.18. The Balaban J connectivity index is 0.000000265. The summed E-state index contributed by atoms with van der Waals surface area (Å²) in [7, 11) is 2.03. The fourth-order valence-electron chi connectivity index (χ4n) is 0.941. The van der Waals surface area contributed by atoms with Gasteiger partial charge in [-0.1, -0.05) is 50.0 Å². The Kier molecular flexibility index (Phi) is 7.43. The molecule has 0 aliphatic heterocycles. The van der Waals surface area contributed by atoms with Crippen molar-refractivity contribution < 1.29 is 0 Å². The molecule has 0 amide bonds. The standard InChI is InChI=1S/C8H10.C6H13N/c1-8-6-4-2-3-5-7-8;1-5-7(4)6(2)3/h2-8H,1H3;2,5H2,1,3-4H3. The van der Waals surface area contributed by atoms with Crippen LogP contribution in [0.2, 0.25) is 0 Å². The van der Waals surface area contributed by atoms with E-state index in [-0.39, 0.29) is 0 Å². The molecule has 1 rings (SSSR count). The monoisotopic (exact) mass is 205 g/mol. The van der Waals surface area contributed by atoms with Crippen molar-refractivity contribution in [3.05, 3.63) is 48.7 Å². The fraction of sp³-hybridized carbons (Fsp3) is 0.429. The van der Waals surface area contributed by atoms with Crippen LogP contribution in [0, 0.1) is 5.92 Å². The SMILES string of the molecule is C=C(C)N(C)CC.CC1C=CC=CC=C1. The highest BCUT2D eigenvalue weighted by Gasteiger charge is 1.87. The molecular weight excluding hydrogens is 182 g/mol. The van der Waals surface area contributed by atoms with Gasteiger partial charge in [-0.25, -0.2) is 0 Å². The summed E-state index contributed by atoms with van der Waals surface area (Å²) in [4.78, 5) is 2.10. The van der Waals surface area contributed by atoms with Crippen LogP contribution in [-0.2, 0) is 0 Å². The summed E-state index contributed by atoms with van der Waals surface area (Å²) in [5, 5.41) is 0. The molecule has 0 aromatic carbocycles. The van der Waals surface area contributed by atoms with Gasteiger partial charge in [0.15, 0.2) is 0 Å². The first-order valence-electron chi connectivity index (χ1n) is 5.46. The van der Waals surface area contributed by atoms with Crippen molar-refractivity contribution in [1.82, 2.24) is 4.90 Å². The van der Waals surface area contributed by atoms with E-state index < -0.39 is 0 Å². The molecule has 0 unspecified atom stereocenters. The third kappa shape index (κ3) is 7.80. The third-order valence-corrected chi connectivity index (χ3v) is 2.29. The molecule has 0 aromatic rings. The van der Waals surface area contributed by atoms with E-state index in [2.05, 4.69) is 49.6 Å². The second kappa shape index (κ2) is 8.10. The Bertz CT molecular complexity index is 243. The first-order valence-corrected chi connectivity index (χ1v) is 5.46. The van der Waals surface area contributed by atoms with E-state index in [1.54, 1.807) is 0 Å². The maximum atomic E-state index is 3.75. The molecule has 1 heteroatoms. The van der Waals surface area contributed by atoms with Crippen molar-refractivity contribution in [1.29, 1.82) is 0 Å². The summed E-state index contributed by atoms with van der Waals surface area (Å²) in [6, 6.07) is 0. The van der Waals surface area contributed by atoms with Crippen LogP contribution in [0.3, 0.4) is 0 Å². The molecule has 0 heterocycles. The molecule has 1 aliphatic rings. The summed E-state index contributed by atoms with van der Waals surface area (Å²) in [6.45, 7) is 11.1. The molecule has 0 atom stereocenters. The van der Waals surface area contributed by atoms with Crippen LogP contribution in [0.25, 0.3) is 0 Å². The van der Waals surface area contributed by atoms with Gasteiger partial charge >= 0.3 is 0 Å². The van der Waals surface area contributed by atoms with Gasteiger partial charge in [0.25, 0.3) is 0 Å². The Labute approximate surface area is 94.5 Å². The van der Waals surface area contributed by atoms with Gasteiger partial charge in [-0.05, 0) is 19.8 Å². The molecule has 0 saturated carbocycles. The molecule has 1 nitrogen and oxygen atoms in total. The predicted octanol–water partition coefficient (Wildman–Crippen LogP) is 3.78. The summed E-state index contributed by atoms with van der Waals surface area (Å²) >= 11 is 0. The van der Waals surface area contributed by atoms with Crippen molar-refractivity contribution in [2.75, 3.05) is 13.6 Å². The summed E-state index contributed by atoms with van der Waals surface area (Å²) in [6.07, 6.45) is 12.6. The lowest BCUT2D eigenvalue weighted by atomic mass is 10.2. The molecule has 0 radical (unpaired) electrons. The van der Waals surface area contributed by atoms with Crippen molar-refractivity contribution in [3.8, 4) is 0 Å². The van der Waals surface area contributed by atoms with Gasteiger partial charge in [0, 0.05) is 19.3 Å². The smallest absolute Gasteiger partial charge is 0.0143 e. The van der Waals surface area contributed by atoms with E-state index >= 15 is 0 Å². The van der Waals surface area contributed by atoms with Crippen molar-refractivity contribution in [2.45, 2.75) is 20.8 Å². The van der Waals surface area contributed by atoms with Gasteiger partial charge in [0.2, 0.25) is 0 Å². The van der Waals surface area contributed by atoms with Gasteiger partial charge in [-0.2, -0.15) is 0 Å². The van der Waals surface area contributed by atoms with Crippen molar-refractivity contribution in [2.24, 2.45) is 5.92 Å². The highest BCUT2D eigenvalue weighted by Crippen LogP contribution is 2.02. The van der Waals surface area contributed by atoms with E-state index in [0.717, 1.165) is 12.2 Å². The molecule has 0 N–H and O–H groups in total. The quantitative estimate of drug-likeness (QED) is 0.663. The first kappa shape index (κ1) is 13.8. The van der Waals surface area contributed by atoms with Gasteiger partial charge in [-0.15, -0.1) is 0 Å². The lowest BCUT2D eigenvalue weighted by molar-refractivity contribution is 0.445. The number of hydrogen-bond acceptors (Lipinski definition) is 1. The van der Waals surface area contributed by atoms with E-state index in [1.165, 1.54) is 0 Å². The zero-order chi connectivity index (χ0) is 11.7. The van der Waals surface area contributed by atoms with Gasteiger partial charge < -0.3 is 4.90 Å². The first-order chi connectivity index (χ1) is 7.07. The predicted molar refractivity (Wildman–Crippen MR) is 69.7 cm³/mol. The van der Waals surface area contributed by atoms with Gasteiger partial charge in [0.1, 0.15) is 0 Å². The zero-order valence-corrected chi connectivity index (χ0v) is 10.4. The van der Waals surface area contributed by atoms with E-state index in [4.69, 9.17) is 0 Å². The largest absolute Gasteiger partial charge is 0.379 e. The molecule has 1 aliphatic carbocycles. The van der Waals surface area contributed by atoms with Crippen LogP contribution in [0.4, 0.5) is 0 Å². The Morgan fingerprint density at radius 3 is 1.93 bits per heavy atom. The Morgan fingerprint density at radius 2 is 1.67 bits per heavy atom. The molecule has 0 bridgehead atoms. The number of nitrogens with zero attached hydrogens (tertiary/aromatic N) is 1. The van der Waals surface area contributed by atoms with Crippen LogP contribution in [0.5, 0.6) is 0 Å². The van der Waals surface area contributed by atoms with Crippen molar-refractivity contribution in [3.63, 3.8) is 0 Å². The molecule has 0 saturated heterocycles. The molecule has 15 heavy (non-hydrogen) atoms. The van der Waals surface area contributed by atoms with E-state index in [9.17, 15) is 0 Å². The van der Waals surface area contributed by atoms with Crippen LogP contribution in [0.1, 0.15) is 20.8 Å². The van der Waals surface area contributed by atoms with E-state index in [0.29, 0.717) is 5.92 Å². The topological polar surface area (TPSA) is 3.24 Å². The second-order valence-corrected chi connectivity index (χ2v) is 3.76. The molecule has 0 spiro atoms. The van der Waals surface area contributed by atoms with Gasteiger partial charge in [0.05, 0.1) is 0 Å². The summed E-state index contributed by atoms with van der Waals surface area (Å²) in [5.74, 6) is 0.602. The fourth-order valence-corrected chi connectivity index (χ4v) is 0.941. The normalized spacial score (nSPS) is 14.1. The maximum Gasteiger partial charge on any atom is 0.0143 e. The second-order valence-electron chi connectivity index (χ2n) is 3.76. The van der Waals surface area contributed by atoms with Crippen LogP contribution in [0.15, 0.2) is 48.7 Å². The minimum Gasteiger partial charge on any atom is -0.379 e. The summed E-state index contributed by atoms with van der Waals surface area (Å²) < 4.78 is 0. The maximum absolute atomic E-state index is 3.75. The van der Waals surface area contributed by atoms with Crippen molar-refractivity contribution >= 4 is 0 Å². The molecule has 0 fully saturated rings. The third-order valence-electron chi connectivity index (χ3n) is 2.29. The lowest BCUT2D eigenvalue weighted by Gasteiger charge is -2.14. The van der Waals surface area contributed by atoms with Gasteiger partial charge in [-0.3, -0.25) is 0 Å². The zero-order valence-electron chi connectivity index (χ0n) is 10.4. The number of rotatable bonds is 2. The lowest BCUT2D eigenvalue weighted by Crippen LogP contribution is -2.13. The average molecular weight is 205 g/mol. The number of allylic oxidation sites excluding steroid dienone is 7. The average Bonchev–Trinajstić information content (AvgIpc) is 2.45. The molecule has 84 valence electrons. The Morgan fingerprint density at radius 1 is 1.20 bits per heavy atom. The van der Waals surface area contributed by atoms with Crippen LogP contribution >= 0.6 is 0 Å². The minimum atomic E-state index is 0.602. The summed E-state index contributed by atoms with van der Waals surface area (Å²) in [5.41, 5.74) is 1.13. The highest BCUT2D eigenvalue weighted by atomic mass is 15.1. The van der Waals surface area contributed by atoms with Crippen LogP contribution < -0.4 is 0 Å². The van der Waals surface area contributed by atoms with Crippen LogP contribution in [-0.4, -0.2) is 18.5 Å².